The first-order valence-electron chi connectivity index (χ1n) is 9.65. The first-order chi connectivity index (χ1) is 13.8. The lowest BCUT2D eigenvalue weighted by Crippen LogP contribution is -2.37. The van der Waals surface area contributed by atoms with Gasteiger partial charge in [0.05, 0.1) is 0 Å². The summed E-state index contributed by atoms with van der Waals surface area (Å²) < 4.78 is 6.10. The smallest absolute Gasteiger partial charge is 0.261 e. The molecule has 3 heteroatoms. The van der Waals surface area contributed by atoms with Crippen LogP contribution in [0.15, 0.2) is 84.9 Å². The maximum absolute atomic E-state index is 12.8. The Kier molecular flexibility index (Phi) is 5.24. The van der Waals surface area contributed by atoms with Crippen LogP contribution in [-0.2, 0) is 11.3 Å². The SMILES string of the molecule is CC[C@H](Oc1cccc2ccccc12)C(=O)NCc1cccc2ccccc12. The Morgan fingerprint density at radius 3 is 2.18 bits per heavy atom. The van der Waals surface area contributed by atoms with Crippen LogP contribution < -0.4 is 10.1 Å². The minimum absolute atomic E-state index is 0.0941. The molecular formula is C25H23NO2. The van der Waals surface area contributed by atoms with Crippen molar-refractivity contribution in [2.75, 3.05) is 0 Å². The average molecular weight is 369 g/mol. The molecule has 0 fully saturated rings. The third-order valence-electron chi connectivity index (χ3n) is 5.02. The molecule has 1 amide bonds. The molecule has 4 aromatic rings. The minimum Gasteiger partial charge on any atom is -0.480 e. The number of benzene rings is 4. The second-order valence-corrected chi connectivity index (χ2v) is 6.85. The third-order valence-corrected chi connectivity index (χ3v) is 5.02. The molecule has 0 bridgehead atoms. The lowest BCUT2D eigenvalue weighted by Gasteiger charge is -2.19. The van der Waals surface area contributed by atoms with E-state index in [1.165, 1.54) is 5.39 Å². The van der Waals surface area contributed by atoms with Gasteiger partial charge in [0.25, 0.3) is 5.91 Å². The van der Waals surface area contributed by atoms with Gasteiger partial charge in [-0.25, -0.2) is 0 Å². The van der Waals surface area contributed by atoms with E-state index in [4.69, 9.17) is 4.74 Å². The molecule has 140 valence electrons. The molecule has 1 N–H and O–H groups in total. The van der Waals surface area contributed by atoms with Gasteiger partial charge in [-0.3, -0.25) is 4.79 Å². The first-order valence-corrected chi connectivity index (χ1v) is 9.65. The highest BCUT2D eigenvalue weighted by atomic mass is 16.5. The predicted octanol–water partition coefficient (Wildman–Crippen LogP) is 5.47. The lowest BCUT2D eigenvalue weighted by atomic mass is 10.0. The van der Waals surface area contributed by atoms with Gasteiger partial charge in [0.2, 0.25) is 0 Å². The highest BCUT2D eigenvalue weighted by Gasteiger charge is 2.19. The van der Waals surface area contributed by atoms with Crippen LogP contribution >= 0.6 is 0 Å². The molecule has 0 heterocycles. The monoisotopic (exact) mass is 369 g/mol. The lowest BCUT2D eigenvalue weighted by molar-refractivity contribution is -0.128. The molecule has 0 saturated heterocycles. The van der Waals surface area contributed by atoms with Gasteiger partial charge >= 0.3 is 0 Å². The zero-order valence-corrected chi connectivity index (χ0v) is 15.9. The van der Waals surface area contributed by atoms with Crippen LogP contribution in [0.3, 0.4) is 0 Å². The fourth-order valence-electron chi connectivity index (χ4n) is 3.52. The zero-order valence-electron chi connectivity index (χ0n) is 15.9. The van der Waals surface area contributed by atoms with E-state index in [1.54, 1.807) is 0 Å². The van der Waals surface area contributed by atoms with E-state index >= 15 is 0 Å². The Morgan fingerprint density at radius 1 is 0.821 bits per heavy atom. The summed E-state index contributed by atoms with van der Waals surface area (Å²) in [5.41, 5.74) is 1.10. The number of hydrogen-bond donors (Lipinski definition) is 1. The van der Waals surface area contributed by atoms with Gasteiger partial charge in [0.15, 0.2) is 6.10 Å². The number of fused-ring (bicyclic) bond motifs is 2. The Bertz CT molecular complexity index is 1110. The highest BCUT2D eigenvalue weighted by Crippen LogP contribution is 2.26. The Balaban J connectivity index is 1.50. The second kappa shape index (κ2) is 8.13. The summed E-state index contributed by atoms with van der Waals surface area (Å²) >= 11 is 0. The largest absolute Gasteiger partial charge is 0.480 e. The second-order valence-electron chi connectivity index (χ2n) is 6.85. The number of rotatable bonds is 6. The number of hydrogen-bond acceptors (Lipinski definition) is 2. The van der Waals surface area contributed by atoms with Crippen molar-refractivity contribution < 1.29 is 9.53 Å². The molecule has 1 atom stereocenters. The molecule has 0 saturated carbocycles. The van der Waals surface area contributed by atoms with Gasteiger partial charge in [-0.1, -0.05) is 85.8 Å². The summed E-state index contributed by atoms with van der Waals surface area (Å²) in [4.78, 5) is 12.8. The summed E-state index contributed by atoms with van der Waals surface area (Å²) in [7, 11) is 0. The van der Waals surface area contributed by atoms with E-state index in [0.717, 1.165) is 27.5 Å². The molecule has 0 aliphatic carbocycles. The summed E-state index contributed by atoms with van der Waals surface area (Å²) in [6.45, 7) is 2.45. The molecule has 4 rings (SSSR count). The molecule has 0 aliphatic heterocycles. The average Bonchev–Trinajstić information content (AvgIpc) is 2.75. The fraction of sp³-hybridized carbons (Fsp3) is 0.160. The first kappa shape index (κ1) is 18.1. The maximum atomic E-state index is 12.8. The standard InChI is InChI=1S/C25H23NO2/c1-2-23(28-24-16-8-12-19-10-4-6-15-22(19)24)25(27)26-17-20-13-7-11-18-9-3-5-14-21(18)20/h3-16,23H,2,17H2,1H3,(H,26,27)/t23-/m0/s1. The molecule has 0 unspecified atom stereocenters. The van der Waals surface area contributed by atoms with Gasteiger partial charge in [-0.05, 0) is 34.2 Å². The quantitative estimate of drug-likeness (QED) is 0.490. The Morgan fingerprint density at radius 2 is 1.43 bits per heavy atom. The van der Waals surface area contributed by atoms with E-state index < -0.39 is 6.10 Å². The molecule has 0 aromatic heterocycles. The molecule has 0 radical (unpaired) electrons. The van der Waals surface area contributed by atoms with Crippen LogP contribution in [0.1, 0.15) is 18.9 Å². The van der Waals surface area contributed by atoms with Gasteiger partial charge in [-0.2, -0.15) is 0 Å². The zero-order chi connectivity index (χ0) is 19.3. The van der Waals surface area contributed by atoms with Crippen molar-refractivity contribution in [1.82, 2.24) is 5.32 Å². The number of carbonyl (C=O) groups excluding carboxylic acids is 1. The van der Waals surface area contributed by atoms with Gasteiger partial charge in [0, 0.05) is 11.9 Å². The van der Waals surface area contributed by atoms with Crippen molar-refractivity contribution in [2.24, 2.45) is 0 Å². The summed E-state index contributed by atoms with van der Waals surface area (Å²) in [6.07, 6.45) is 0.0747. The molecule has 0 aliphatic rings. The van der Waals surface area contributed by atoms with E-state index in [1.807, 2.05) is 67.6 Å². The number of amides is 1. The van der Waals surface area contributed by atoms with Crippen molar-refractivity contribution in [3.05, 3.63) is 90.5 Å². The third kappa shape index (κ3) is 3.70. The van der Waals surface area contributed by atoms with Crippen molar-refractivity contribution >= 4 is 27.5 Å². The van der Waals surface area contributed by atoms with Crippen LogP contribution in [0.2, 0.25) is 0 Å². The van der Waals surface area contributed by atoms with E-state index in [-0.39, 0.29) is 5.91 Å². The van der Waals surface area contributed by atoms with Crippen LogP contribution in [0.5, 0.6) is 5.75 Å². The Hall–Kier alpha value is -3.33. The minimum atomic E-state index is -0.527. The highest BCUT2D eigenvalue weighted by molar-refractivity contribution is 5.89. The number of nitrogens with one attached hydrogen (secondary N) is 1. The van der Waals surface area contributed by atoms with E-state index in [9.17, 15) is 4.79 Å². The van der Waals surface area contributed by atoms with Crippen LogP contribution in [-0.4, -0.2) is 12.0 Å². The van der Waals surface area contributed by atoms with E-state index in [2.05, 4.69) is 29.6 Å². The normalized spacial score (nSPS) is 12.0. The fourth-order valence-corrected chi connectivity index (χ4v) is 3.52. The summed E-state index contributed by atoms with van der Waals surface area (Å²) in [6, 6.07) is 28.3. The molecule has 3 nitrogen and oxygen atoms in total. The van der Waals surface area contributed by atoms with Crippen LogP contribution in [0.25, 0.3) is 21.5 Å². The number of carbonyl (C=O) groups is 1. The van der Waals surface area contributed by atoms with Gasteiger partial charge in [-0.15, -0.1) is 0 Å². The topological polar surface area (TPSA) is 38.3 Å². The molecule has 4 aromatic carbocycles. The molecule has 28 heavy (non-hydrogen) atoms. The van der Waals surface area contributed by atoms with Gasteiger partial charge in [0.1, 0.15) is 5.75 Å². The van der Waals surface area contributed by atoms with Crippen molar-refractivity contribution in [2.45, 2.75) is 26.0 Å². The summed E-state index contributed by atoms with van der Waals surface area (Å²) in [5.74, 6) is 0.647. The number of ether oxygens (including phenoxy) is 1. The molecule has 0 spiro atoms. The van der Waals surface area contributed by atoms with Crippen molar-refractivity contribution in [3.8, 4) is 5.75 Å². The Labute approximate surface area is 165 Å². The van der Waals surface area contributed by atoms with Crippen molar-refractivity contribution in [3.63, 3.8) is 0 Å². The van der Waals surface area contributed by atoms with Crippen LogP contribution in [0, 0.1) is 0 Å². The van der Waals surface area contributed by atoms with Crippen LogP contribution in [0.4, 0.5) is 0 Å². The van der Waals surface area contributed by atoms with Crippen molar-refractivity contribution in [1.29, 1.82) is 0 Å². The molecular weight excluding hydrogens is 346 g/mol. The van der Waals surface area contributed by atoms with Gasteiger partial charge < -0.3 is 10.1 Å². The maximum Gasteiger partial charge on any atom is 0.261 e. The summed E-state index contributed by atoms with van der Waals surface area (Å²) in [5, 5.41) is 7.50. The van der Waals surface area contributed by atoms with E-state index in [0.29, 0.717) is 13.0 Å². The predicted molar refractivity (Wildman–Crippen MR) is 114 cm³/mol.